The Bertz CT molecular complexity index is 1270. The number of rotatable bonds is 5. The fraction of sp³-hybridized carbons (Fsp3) is 0.300. The summed E-state index contributed by atoms with van der Waals surface area (Å²) in [5.74, 6) is 0.731. The van der Waals surface area contributed by atoms with Gasteiger partial charge in [0.1, 0.15) is 0 Å². The van der Waals surface area contributed by atoms with Crippen molar-refractivity contribution in [2.45, 2.75) is 19.3 Å². The number of carbonyl (C=O) groups is 1. The number of carbonyl (C=O) groups excluding carboxylic acids is 1. The normalized spacial score (nSPS) is 14.8. The van der Waals surface area contributed by atoms with Crippen LogP contribution in [-0.4, -0.2) is 49.2 Å². The molecule has 9 nitrogen and oxygen atoms in total. The van der Waals surface area contributed by atoms with Crippen molar-refractivity contribution in [1.82, 2.24) is 30.2 Å². The maximum atomic E-state index is 12.8. The summed E-state index contributed by atoms with van der Waals surface area (Å²) in [6.07, 6.45) is 3.88. The lowest BCUT2D eigenvalue weighted by atomic mass is 9.96. The van der Waals surface area contributed by atoms with Gasteiger partial charge in [0.05, 0.1) is 0 Å². The molecule has 1 saturated heterocycles. The molecule has 0 radical (unpaired) electrons. The number of hydrogen-bond donors (Lipinski definition) is 1. The molecule has 5 rings (SSSR count). The fourth-order valence-corrected chi connectivity index (χ4v) is 5.00. The van der Waals surface area contributed by atoms with E-state index in [1.54, 1.807) is 12.3 Å². The van der Waals surface area contributed by atoms with Gasteiger partial charge >= 0.3 is 0 Å². The number of amides is 1. The number of aromatic nitrogens is 6. The summed E-state index contributed by atoms with van der Waals surface area (Å²) in [5, 5.41) is 20.5. The van der Waals surface area contributed by atoms with Gasteiger partial charge in [0.15, 0.2) is 16.6 Å². The van der Waals surface area contributed by atoms with Crippen LogP contribution in [-0.2, 0) is 11.2 Å². The summed E-state index contributed by atoms with van der Waals surface area (Å²) in [6, 6.07) is 9.18. The third-order valence-electron chi connectivity index (χ3n) is 5.41. The standard InChI is InChI=1S/C20H18Cl2N8OS/c21-14-2-1-13(16(22)10-14)9-15-11-23-20(32-15)24-19(31)12-5-7-29(8-6-12)18-4-3-17-25-27-28-30(17)26-18/h1-4,10-12H,5-9H2,(H,23,24,31). The third kappa shape index (κ3) is 4.52. The SMILES string of the molecule is O=C(Nc1ncc(Cc2ccc(Cl)cc2Cl)s1)C1CCN(c2ccc3nnnn3n2)CC1. The zero-order chi connectivity index (χ0) is 22.1. The van der Waals surface area contributed by atoms with Gasteiger partial charge in [0.2, 0.25) is 5.91 Å². The summed E-state index contributed by atoms with van der Waals surface area (Å²) in [7, 11) is 0. The number of fused-ring (bicyclic) bond motifs is 1. The van der Waals surface area contributed by atoms with Crippen LogP contribution in [0.15, 0.2) is 36.5 Å². The molecule has 4 heterocycles. The topological polar surface area (TPSA) is 101 Å². The Morgan fingerprint density at radius 1 is 1.19 bits per heavy atom. The summed E-state index contributed by atoms with van der Waals surface area (Å²) in [5.41, 5.74) is 1.57. The molecular formula is C20H18Cl2N8OS. The van der Waals surface area contributed by atoms with Crippen molar-refractivity contribution in [3.63, 3.8) is 0 Å². The lowest BCUT2D eigenvalue weighted by molar-refractivity contribution is -0.120. The van der Waals surface area contributed by atoms with Crippen LogP contribution in [0.3, 0.4) is 0 Å². The van der Waals surface area contributed by atoms with Crippen molar-refractivity contribution in [3.8, 4) is 0 Å². The average molecular weight is 489 g/mol. The second-order valence-electron chi connectivity index (χ2n) is 7.51. The smallest absolute Gasteiger partial charge is 0.229 e. The summed E-state index contributed by atoms with van der Waals surface area (Å²) in [6.45, 7) is 1.47. The van der Waals surface area contributed by atoms with Crippen LogP contribution in [0.25, 0.3) is 5.65 Å². The molecule has 1 aliphatic heterocycles. The molecule has 1 amide bonds. The van der Waals surface area contributed by atoms with Crippen LogP contribution in [0.1, 0.15) is 23.3 Å². The van der Waals surface area contributed by atoms with E-state index in [1.807, 2.05) is 24.3 Å². The summed E-state index contributed by atoms with van der Waals surface area (Å²) < 4.78 is 1.41. The van der Waals surface area contributed by atoms with E-state index in [-0.39, 0.29) is 11.8 Å². The van der Waals surface area contributed by atoms with Gasteiger partial charge in [-0.25, -0.2) is 4.98 Å². The Morgan fingerprint density at radius 3 is 2.84 bits per heavy atom. The van der Waals surface area contributed by atoms with E-state index in [9.17, 15) is 4.79 Å². The first-order chi connectivity index (χ1) is 15.5. The minimum absolute atomic E-state index is 0.000960. The molecule has 1 aromatic carbocycles. The molecule has 12 heteroatoms. The fourth-order valence-electron chi connectivity index (χ4n) is 3.69. The van der Waals surface area contributed by atoms with Crippen molar-refractivity contribution < 1.29 is 4.79 Å². The van der Waals surface area contributed by atoms with Crippen molar-refractivity contribution in [1.29, 1.82) is 0 Å². The van der Waals surface area contributed by atoms with Crippen molar-refractivity contribution in [3.05, 3.63) is 57.0 Å². The molecule has 164 valence electrons. The third-order valence-corrected chi connectivity index (χ3v) is 6.91. The zero-order valence-corrected chi connectivity index (χ0v) is 19.1. The van der Waals surface area contributed by atoms with Crippen molar-refractivity contribution in [2.24, 2.45) is 5.92 Å². The van der Waals surface area contributed by atoms with E-state index < -0.39 is 0 Å². The minimum Gasteiger partial charge on any atom is -0.355 e. The second-order valence-corrected chi connectivity index (χ2v) is 9.47. The van der Waals surface area contributed by atoms with E-state index >= 15 is 0 Å². The molecule has 0 spiro atoms. The predicted molar refractivity (Wildman–Crippen MR) is 124 cm³/mol. The number of tetrazole rings is 1. The maximum Gasteiger partial charge on any atom is 0.229 e. The first kappa shape index (κ1) is 21.0. The number of nitrogens with zero attached hydrogens (tertiary/aromatic N) is 7. The van der Waals surface area contributed by atoms with Crippen LogP contribution in [0.5, 0.6) is 0 Å². The number of hydrogen-bond acceptors (Lipinski definition) is 8. The first-order valence-corrected chi connectivity index (χ1v) is 11.6. The van der Waals surface area contributed by atoms with E-state index in [0.717, 1.165) is 42.2 Å². The van der Waals surface area contributed by atoms with Gasteiger partial charge in [0, 0.05) is 46.5 Å². The molecule has 3 aromatic heterocycles. The van der Waals surface area contributed by atoms with Gasteiger partial charge in [0.25, 0.3) is 0 Å². The minimum atomic E-state index is -0.0684. The highest BCUT2D eigenvalue weighted by atomic mass is 35.5. The van der Waals surface area contributed by atoms with E-state index in [1.165, 1.54) is 16.0 Å². The monoisotopic (exact) mass is 488 g/mol. The highest BCUT2D eigenvalue weighted by molar-refractivity contribution is 7.15. The largest absolute Gasteiger partial charge is 0.355 e. The molecular weight excluding hydrogens is 471 g/mol. The lowest BCUT2D eigenvalue weighted by Crippen LogP contribution is -2.38. The highest BCUT2D eigenvalue weighted by Crippen LogP contribution is 2.28. The molecule has 0 aliphatic carbocycles. The number of nitrogens with one attached hydrogen (secondary N) is 1. The average Bonchev–Trinajstić information content (AvgIpc) is 3.44. The molecule has 4 aromatic rings. The Hall–Kier alpha value is -2.82. The maximum absolute atomic E-state index is 12.8. The molecule has 0 atom stereocenters. The van der Waals surface area contributed by atoms with Gasteiger partial charge < -0.3 is 10.2 Å². The summed E-state index contributed by atoms with van der Waals surface area (Å²) >= 11 is 13.7. The molecule has 1 N–H and O–H groups in total. The number of anilines is 2. The molecule has 0 unspecified atom stereocenters. The second kappa shape index (κ2) is 8.97. The highest BCUT2D eigenvalue weighted by Gasteiger charge is 2.26. The van der Waals surface area contributed by atoms with E-state index in [0.29, 0.717) is 27.2 Å². The zero-order valence-electron chi connectivity index (χ0n) is 16.8. The molecule has 1 aliphatic rings. The molecule has 0 bridgehead atoms. The first-order valence-electron chi connectivity index (χ1n) is 10.0. The van der Waals surface area contributed by atoms with E-state index in [4.69, 9.17) is 23.2 Å². The quantitative estimate of drug-likeness (QED) is 0.456. The summed E-state index contributed by atoms with van der Waals surface area (Å²) in [4.78, 5) is 20.3. The van der Waals surface area contributed by atoms with Gasteiger partial charge in [-0.1, -0.05) is 29.3 Å². The van der Waals surface area contributed by atoms with Gasteiger partial charge in [-0.2, -0.15) is 0 Å². The predicted octanol–water partition coefficient (Wildman–Crippen LogP) is 3.73. The van der Waals surface area contributed by atoms with Crippen LogP contribution in [0.4, 0.5) is 10.9 Å². The van der Waals surface area contributed by atoms with Crippen LogP contribution in [0, 0.1) is 5.92 Å². The Kier molecular flexibility index (Phi) is 5.90. The van der Waals surface area contributed by atoms with Crippen molar-refractivity contribution >= 4 is 57.0 Å². The van der Waals surface area contributed by atoms with Crippen LogP contribution in [0.2, 0.25) is 10.0 Å². The number of halogens is 2. The van der Waals surface area contributed by atoms with Crippen molar-refractivity contribution in [2.75, 3.05) is 23.3 Å². The van der Waals surface area contributed by atoms with Crippen LogP contribution >= 0.6 is 34.5 Å². The lowest BCUT2D eigenvalue weighted by Gasteiger charge is -2.31. The van der Waals surface area contributed by atoms with Gasteiger partial charge in [-0.05, 0) is 53.1 Å². The molecule has 1 fully saturated rings. The number of piperidine rings is 1. The van der Waals surface area contributed by atoms with Gasteiger partial charge in [-0.15, -0.1) is 26.2 Å². The Labute approximate surface area is 197 Å². The number of thiazole rings is 1. The molecule has 32 heavy (non-hydrogen) atoms. The number of benzene rings is 1. The molecule has 0 saturated carbocycles. The van der Waals surface area contributed by atoms with E-state index in [2.05, 4.69) is 35.8 Å². The Balaban J connectivity index is 1.16. The van der Waals surface area contributed by atoms with Gasteiger partial charge in [-0.3, -0.25) is 4.79 Å². The Morgan fingerprint density at radius 2 is 2.03 bits per heavy atom. The van der Waals surface area contributed by atoms with Crippen LogP contribution < -0.4 is 10.2 Å².